The Kier molecular flexibility index (Phi) is 3.74. The summed E-state index contributed by atoms with van der Waals surface area (Å²) >= 11 is 0. The van der Waals surface area contributed by atoms with E-state index in [-0.39, 0.29) is 0 Å². The molecule has 0 aliphatic rings. The van der Waals surface area contributed by atoms with E-state index < -0.39 is 0 Å². The molecule has 3 aromatic carbocycles. The van der Waals surface area contributed by atoms with Crippen molar-refractivity contribution >= 4 is 17.0 Å². The zero-order valence-electron chi connectivity index (χ0n) is 11.2. The van der Waals surface area contributed by atoms with Crippen molar-refractivity contribution in [2.24, 2.45) is 5.10 Å². The quantitative estimate of drug-likeness (QED) is 0.557. The van der Waals surface area contributed by atoms with Gasteiger partial charge in [0.1, 0.15) is 0 Å². The lowest BCUT2D eigenvalue weighted by molar-refractivity contribution is 0.748. The van der Waals surface area contributed by atoms with Gasteiger partial charge in [0.25, 0.3) is 0 Å². The van der Waals surface area contributed by atoms with Crippen molar-refractivity contribution < 1.29 is 0 Å². The van der Waals surface area contributed by atoms with Gasteiger partial charge in [-0.05, 0) is 16.3 Å². The molecule has 0 aliphatic carbocycles. The first-order valence-corrected chi connectivity index (χ1v) is 6.71. The van der Waals surface area contributed by atoms with Gasteiger partial charge in [0, 0.05) is 5.56 Å². The summed E-state index contributed by atoms with van der Waals surface area (Å²) < 4.78 is 0. The van der Waals surface area contributed by atoms with Crippen LogP contribution in [0.25, 0.3) is 10.8 Å². The molecule has 0 heterocycles. The van der Waals surface area contributed by atoms with E-state index in [1.165, 1.54) is 16.3 Å². The van der Waals surface area contributed by atoms with Crippen LogP contribution in [-0.4, -0.2) is 6.21 Å². The molecule has 3 rings (SSSR count). The van der Waals surface area contributed by atoms with Gasteiger partial charge in [-0.2, -0.15) is 5.10 Å². The van der Waals surface area contributed by atoms with E-state index in [0.717, 1.165) is 12.1 Å². The van der Waals surface area contributed by atoms with Crippen LogP contribution in [0.1, 0.15) is 11.1 Å². The molecule has 0 spiro atoms. The van der Waals surface area contributed by atoms with E-state index in [1.807, 2.05) is 24.4 Å². The first-order valence-electron chi connectivity index (χ1n) is 6.71. The molecular formula is C18H16N2. The summed E-state index contributed by atoms with van der Waals surface area (Å²) in [5, 5.41) is 6.77. The van der Waals surface area contributed by atoms with Crippen molar-refractivity contribution in [1.29, 1.82) is 0 Å². The lowest BCUT2D eigenvalue weighted by Gasteiger charge is -2.02. The highest BCUT2D eigenvalue weighted by molar-refractivity contribution is 5.99. The van der Waals surface area contributed by atoms with E-state index in [0.29, 0.717) is 0 Å². The molecule has 1 N–H and O–H groups in total. The zero-order valence-corrected chi connectivity index (χ0v) is 11.2. The van der Waals surface area contributed by atoms with Crippen molar-refractivity contribution in [3.05, 3.63) is 83.9 Å². The largest absolute Gasteiger partial charge is 0.306 e. The number of hydrogen-bond acceptors (Lipinski definition) is 2. The summed E-state index contributed by atoms with van der Waals surface area (Å²) in [6.45, 7) is 0.738. The first kappa shape index (κ1) is 12.4. The topological polar surface area (TPSA) is 24.4 Å². The molecule has 2 nitrogen and oxygen atoms in total. The molecule has 0 unspecified atom stereocenters. The molecule has 0 aliphatic heterocycles. The number of fused-ring (bicyclic) bond motifs is 1. The van der Waals surface area contributed by atoms with Gasteiger partial charge in [0.15, 0.2) is 0 Å². The molecule has 2 heteroatoms. The van der Waals surface area contributed by atoms with Crippen LogP contribution in [0.5, 0.6) is 0 Å². The minimum atomic E-state index is 0.738. The van der Waals surface area contributed by atoms with Crippen LogP contribution in [0, 0.1) is 0 Å². The average molecular weight is 260 g/mol. The Hall–Kier alpha value is -2.61. The average Bonchev–Trinajstić information content (AvgIpc) is 2.53. The van der Waals surface area contributed by atoms with Crippen molar-refractivity contribution in [2.45, 2.75) is 6.54 Å². The predicted octanol–water partition coefficient (Wildman–Crippen LogP) is 3.96. The molecule has 0 radical (unpaired) electrons. The monoisotopic (exact) mass is 260 g/mol. The van der Waals surface area contributed by atoms with E-state index in [4.69, 9.17) is 0 Å². The Morgan fingerprint density at radius 2 is 1.55 bits per heavy atom. The lowest BCUT2D eigenvalue weighted by Crippen LogP contribution is -2.05. The summed E-state index contributed by atoms with van der Waals surface area (Å²) in [7, 11) is 0. The summed E-state index contributed by atoms with van der Waals surface area (Å²) in [6, 6.07) is 24.8. The maximum atomic E-state index is 4.31. The van der Waals surface area contributed by atoms with Crippen molar-refractivity contribution in [2.75, 3.05) is 0 Å². The highest BCUT2D eigenvalue weighted by Gasteiger charge is 1.96. The molecule has 98 valence electrons. The van der Waals surface area contributed by atoms with Crippen LogP contribution in [0.3, 0.4) is 0 Å². The van der Waals surface area contributed by atoms with Gasteiger partial charge < -0.3 is 5.43 Å². The molecule has 0 bridgehead atoms. The SMILES string of the molecule is C(=N\NCc1ccccc1)/c1cccc2ccccc12. The molecule has 0 aromatic heterocycles. The van der Waals surface area contributed by atoms with Crippen LogP contribution in [0.2, 0.25) is 0 Å². The molecule has 20 heavy (non-hydrogen) atoms. The van der Waals surface area contributed by atoms with Gasteiger partial charge in [-0.3, -0.25) is 0 Å². The Bertz CT molecular complexity index is 712. The van der Waals surface area contributed by atoms with Gasteiger partial charge in [0.05, 0.1) is 12.8 Å². The minimum absolute atomic E-state index is 0.738. The normalized spacial score (nSPS) is 11.0. The Morgan fingerprint density at radius 1 is 0.800 bits per heavy atom. The second kappa shape index (κ2) is 6.02. The third kappa shape index (κ3) is 2.86. The van der Waals surface area contributed by atoms with Gasteiger partial charge in [-0.25, -0.2) is 0 Å². The summed E-state index contributed by atoms with van der Waals surface area (Å²) in [5.74, 6) is 0. The fraction of sp³-hybridized carbons (Fsp3) is 0.0556. The molecule has 0 fully saturated rings. The number of nitrogens with zero attached hydrogens (tertiary/aromatic N) is 1. The Balaban J connectivity index is 1.72. The third-order valence-corrected chi connectivity index (χ3v) is 3.24. The van der Waals surface area contributed by atoms with Crippen molar-refractivity contribution in [1.82, 2.24) is 5.43 Å². The van der Waals surface area contributed by atoms with Crippen LogP contribution in [0.4, 0.5) is 0 Å². The fourth-order valence-corrected chi connectivity index (χ4v) is 2.21. The highest BCUT2D eigenvalue weighted by atomic mass is 15.3. The summed E-state index contributed by atoms with van der Waals surface area (Å²) in [4.78, 5) is 0. The second-order valence-corrected chi connectivity index (χ2v) is 4.65. The van der Waals surface area contributed by atoms with Crippen molar-refractivity contribution in [3.63, 3.8) is 0 Å². The molecule has 0 saturated heterocycles. The van der Waals surface area contributed by atoms with E-state index in [9.17, 15) is 0 Å². The van der Waals surface area contributed by atoms with Gasteiger partial charge in [0.2, 0.25) is 0 Å². The predicted molar refractivity (Wildman–Crippen MR) is 84.8 cm³/mol. The van der Waals surface area contributed by atoms with Crippen LogP contribution in [0.15, 0.2) is 77.9 Å². The fourth-order valence-electron chi connectivity index (χ4n) is 2.21. The summed E-state index contributed by atoms with van der Waals surface area (Å²) in [5.41, 5.74) is 5.44. The summed E-state index contributed by atoms with van der Waals surface area (Å²) in [6.07, 6.45) is 1.88. The number of hydrogen-bond donors (Lipinski definition) is 1. The van der Waals surface area contributed by atoms with E-state index in [2.05, 4.69) is 65.1 Å². The third-order valence-electron chi connectivity index (χ3n) is 3.24. The molecule has 0 atom stereocenters. The first-order chi connectivity index (χ1) is 9.93. The number of nitrogens with one attached hydrogen (secondary N) is 1. The molecule has 0 amide bonds. The molecular weight excluding hydrogens is 244 g/mol. The van der Waals surface area contributed by atoms with Crippen LogP contribution >= 0.6 is 0 Å². The number of hydrazone groups is 1. The smallest absolute Gasteiger partial charge is 0.0580 e. The van der Waals surface area contributed by atoms with Crippen LogP contribution < -0.4 is 5.43 Å². The standard InChI is InChI=1S/C18H16N2/c1-2-7-15(8-3-1)13-19-20-14-17-11-6-10-16-9-4-5-12-18(16)17/h1-12,14,19H,13H2/b20-14+. The van der Waals surface area contributed by atoms with Crippen molar-refractivity contribution in [3.8, 4) is 0 Å². The Morgan fingerprint density at radius 3 is 2.45 bits per heavy atom. The van der Waals surface area contributed by atoms with Gasteiger partial charge >= 0.3 is 0 Å². The molecule has 3 aromatic rings. The maximum absolute atomic E-state index is 4.31. The van der Waals surface area contributed by atoms with Crippen LogP contribution in [-0.2, 0) is 6.54 Å². The van der Waals surface area contributed by atoms with Gasteiger partial charge in [-0.1, -0.05) is 72.8 Å². The lowest BCUT2D eigenvalue weighted by atomic mass is 10.1. The van der Waals surface area contributed by atoms with Gasteiger partial charge in [-0.15, -0.1) is 0 Å². The number of benzene rings is 3. The zero-order chi connectivity index (χ0) is 13.6. The minimum Gasteiger partial charge on any atom is -0.306 e. The Labute approximate surface area is 118 Å². The second-order valence-electron chi connectivity index (χ2n) is 4.65. The highest BCUT2D eigenvalue weighted by Crippen LogP contribution is 2.16. The molecule has 0 saturated carbocycles. The maximum Gasteiger partial charge on any atom is 0.0580 e. The number of rotatable bonds is 4. The van der Waals surface area contributed by atoms with E-state index >= 15 is 0 Å². The van der Waals surface area contributed by atoms with E-state index in [1.54, 1.807) is 0 Å².